The van der Waals surface area contributed by atoms with Crippen LogP contribution in [0.5, 0.6) is 0 Å². The standard InChI is InChI=1S/C20H34S/c1-13(2)9-10-18-16(5)14(3)15(4)17(6)19(18)11-12-20(7,8)21/h13,21H,9-12H2,1-8H3. The summed E-state index contributed by atoms with van der Waals surface area (Å²) in [5.74, 6) is 0.764. The van der Waals surface area contributed by atoms with Crippen molar-refractivity contribution < 1.29 is 0 Å². The Bertz CT molecular complexity index is 490. The fourth-order valence-corrected chi connectivity index (χ4v) is 3.12. The highest BCUT2D eigenvalue weighted by Crippen LogP contribution is 2.31. The van der Waals surface area contributed by atoms with E-state index in [0.29, 0.717) is 0 Å². The van der Waals surface area contributed by atoms with Crippen LogP contribution in [0.3, 0.4) is 0 Å². The molecule has 0 nitrogen and oxygen atoms in total. The van der Waals surface area contributed by atoms with Crippen molar-refractivity contribution in [3.8, 4) is 0 Å². The van der Waals surface area contributed by atoms with Crippen molar-refractivity contribution in [2.45, 2.75) is 85.8 Å². The van der Waals surface area contributed by atoms with Gasteiger partial charge in [0.25, 0.3) is 0 Å². The van der Waals surface area contributed by atoms with Crippen molar-refractivity contribution in [3.63, 3.8) is 0 Å². The Kier molecular flexibility index (Phi) is 6.40. The molecule has 0 radical (unpaired) electrons. The number of hydrogen-bond donors (Lipinski definition) is 1. The topological polar surface area (TPSA) is 0 Å². The highest BCUT2D eigenvalue weighted by atomic mass is 32.1. The first kappa shape index (κ1) is 18.6. The summed E-state index contributed by atoms with van der Waals surface area (Å²) < 4.78 is 0.106. The van der Waals surface area contributed by atoms with Crippen LogP contribution in [-0.4, -0.2) is 4.75 Å². The van der Waals surface area contributed by atoms with E-state index in [2.05, 4.69) is 55.4 Å². The van der Waals surface area contributed by atoms with Crippen molar-refractivity contribution in [2.75, 3.05) is 0 Å². The highest BCUT2D eigenvalue weighted by molar-refractivity contribution is 7.81. The van der Waals surface area contributed by atoms with Crippen LogP contribution in [0.4, 0.5) is 0 Å². The summed E-state index contributed by atoms with van der Waals surface area (Å²) in [5, 5.41) is 0. The molecule has 0 saturated heterocycles. The minimum atomic E-state index is 0.106. The number of hydrogen-bond acceptors (Lipinski definition) is 1. The van der Waals surface area contributed by atoms with E-state index in [-0.39, 0.29) is 4.75 Å². The Morgan fingerprint density at radius 1 is 0.810 bits per heavy atom. The second-order valence-electron chi connectivity index (χ2n) is 7.70. The lowest BCUT2D eigenvalue weighted by molar-refractivity contribution is 0.579. The zero-order valence-electron chi connectivity index (χ0n) is 15.4. The van der Waals surface area contributed by atoms with Gasteiger partial charge in [-0.1, -0.05) is 27.7 Å². The molecule has 0 aliphatic heterocycles. The molecule has 0 amide bonds. The molecule has 120 valence electrons. The molecular weight excluding hydrogens is 272 g/mol. The monoisotopic (exact) mass is 306 g/mol. The zero-order valence-corrected chi connectivity index (χ0v) is 16.2. The van der Waals surface area contributed by atoms with Crippen LogP contribution in [0.2, 0.25) is 0 Å². The fraction of sp³-hybridized carbons (Fsp3) is 0.700. The summed E-state index contributed by atoms with van der Waals surface area (Å²) in [6.45, 7) is 18.2. The van der Waals surface area contributed by atoms with Crippen LogP contribution >= 0.6 is 12.6 Å². The summed E-state index contributed by atoms with van der Waals surface area (Å²) in [6, 6.07) is 0. The van der Waals surface area contributed by atoms with E-state index in [1.165, 1.54) is 35.1 Å². The van der Waals surface area contributed by atoms with Crippen LogP contribution in [-0.2, 0) is 12.8 Å². The van der Waals surface area contributed by atoms with Gasteiger partial charge in [-0.15, -0.1) is 0 Å². The summed E-state index contributed by atoms with van der Waals surface area (Å²) in [4.78, 5) is 0. The first-order valence-corrected chi connectivity index (χ1v) is 8.79. The van der Waals surface area contributed by atoms with Gasteiger partial charge in [0.15, 0.2) is 0 Å². The van der Waals surface area contributed by atoms with E-state index in [1.54, 1.807) is 11.1 Å². The molecule has 1 aromatic rings. The number of rotatable bonds is 6. The lowest BCUT2D eigenvalue weighted by atomic mass is 9.83. The number of benzene rings is 1. The van der Waals surface area contributed by atoms with Crippen molar-refractivity contribution in [1.82, 2.24) is 0 Å². The third-order valence-corrected chi connectivity index (χ3v) is 5.14. The predicted octanol–water partition coefficient (Wildman–Crippen LogP) is 6.15. The molecule has 1 heteroatoms. The van der Waals surface area contributed by atoms with Crippen LogP contribution in [0.15, 0.2) is 0 Å². The van der Waals surface area contributed by atoms with Gasteiger partial charge in [-0.2, -0.15) is 12.6 Å². The van der Waals surface area contributed by atoms with Gasteiger partial charge in [0.1, 0.15) is 0 Å². The SMILES string of the molecule is Cc1c(C)c(C)c(CCC(C)(C)S)c(CCC(C)C)c1C. The molecule has 21 heavy (non-hydrogen) atoms. The van der Waals surface area contributed by atoms with Gasteiger partial charge in [-0.25, -0.2) is 0 Å². The van der Waals surface area contributed by atoms with Gasteiger partial charge < -0.3 is 0 Å². The average Bonchev–Trinajstić information content (AvgIpc) is 2.36. The maximum atomic E-state index is 4.71. The molecule has 0 N–H and O–H groups in total. The van der Waals surface area contributed by atoms with Gasteiger partial charge in [0, 0.05) is 4.75 Å². The van der Waals surface area contributed by atoms with Crippen LogP contribution in [0.1, 0.15) is 73.9 Å². The molecule has 0 spiro atoms. The molecule has 0 fully saturated rings. The lowest BCUT2D eigenvalue weighted by Crippen LogP contribution is -2.14. The molecule has 0 aliphatic rings. The zero-order chi connectivity index (χ0) is 16.4. The Morgan fingerprint density at radius 2 is 1.24 bits per heavy atom. The smallest absolute Gasteiger partial charge is 0.00763 e. The maximum absolute atomic E-state index is 4.71. The van der Waals surface area contributed by atoms with E-state index in [4.69, 9.17) is 12.6 Å². The highest BCUT2D eigenvalue weighted by Gasteiger charge is 2.18. The first-order valence-electron chi connectivity index (χ1n) is 8.35. The van der Waals surface area contributed by atoms with Crippen molar-refractivity contribution in [3.05, 3.63) is 33.4 Å². The minimum Gasteiger partial charge on any atom is -0.173 e. The summed E-state index contributed by atoms with van der Waals surface area (Å²) >= 11 is 4.71. The molecule has 1 aromatic carbocycles. The summed E-state index contributed by atoms with van der Waals surface area (Å²) in [5.41, 5.74) is 9.20. The normalized spacial score (nSPS) is 12.3. The van der Waals surface area contributed by atoms with Gasteiger partial charge in [0.2, 0.25) is 0 Å². The Labute approximate surface area is 138 Å². The first-order chi connectivity index (χ1) is 9.54. The minimum absolute atomic E-state index is 0.106. The number of thiol groups is 1. The van der Waals surface area contributed by atoms with Crippen LogP contribution in [0, 0.1) is 33.6 Å². The van der Waals surface area contributed by atoms with E-state index in [9.17, 15) is 0 Å². The largest absolute Gasteiger partial charge is 0.173 e. The molecule has 0 saturated carbocycles. The van der Waals surface area contributed by atoms with E-state index >= 15 is 0 Å². The van der Waals surface area contributed by atoms with E-state index in [1.807, 2.05) is 0 Å². The molecule has 0 unspecified atom stereocenters. The van der Waals surface area contributed by atoms with E-state index in [0.717, 1.165) is 18.8 Å². The quantitative estimate of drug-likeness (QED) is 0.599. The van der Waals surface area contributed by atoms with Gasteiger partial charge in [-0.3, -0.25) is 0 Å². The average molecular weight is 307 g/mol. The van der Waals surface area contributed by atoms with Crippen molar-refractivity contribution in [2.24, 2.45) is 5.92 Å². The molecule has 0 bridgehead atoms. The molecule has 0 heterocycles. The predicted molar refractivity (Wildman–Crippen MR) is 99.9 cm³/mol. The van der Waals surface area contributed by atoms with Gasteiger partial charge in [0.05, 0.1) is 0 Å². The summed E-state index contributed by atoms with van der Waals surface area (Å²) in [7, 11) is 0. The Hall–Kier alpha value is -0.430. The lowest BCUT2D eigenvalue weighted by Gasteiger charge is -2.24. The Balaban J connectivity index is 3.23. The third kappa shape index (κ3) is 5.06. The molecule has 0 atom stereocenters. The summed E-state index contributed by atoms with van der Waals surface area (Å²) in [6.07, 6.45) is 4.78. The maximum Gasteiger partial charge on any atom is 0.00763 e. The second kappa shape index (κ2) is 7.22. The van der Waals surface area contributed by atoms with Crippen molar-refractivity contribution in [1.29, 1.82) is 0 Å². The molecule has 0 aliphatic carbocycles. The molecule has 0 aromatic heterocycles. The molecule has 1 rings (SSSR count). The Morgan fingerprint density at radius 3 is 1.62 bits per heavy atom. The van der Waals surface area contributed by atoms with Crippen LogP contribution < -0.4 is 0 Å². The second-order valence-corrected chi connectivity index (χ2v) is 8.91. The van der Waals surface area contributed by atoms with Crippen molar-refractivity contribution >= 4 is 12.6 Å². The molecular formula is C20H34S. The van der Waals surface area contributed by atoms with Gasteiger partial charge in [-0.05, 0) is 92.7 Å². The fourth-order valence-electron chi connectivity index (χ4n) is 3.01. The van der Waals surface area contributed by atoms with E-state index < -0.39 is 0 Å². The van der Waals surface area contributed by atoms with Gasteiger partial charge >= 0.3 is 0 Å². The van der Waals surface area contributed by atoms with Crippen LogP contribution in [0.25, 0.3) is 0 Å². The third-order valence-electron chi connectivity index (χ3n) is 4.92.